The lowest BCUT2D eigenvalue weighted by Crippen LogP contribution is -2.42. The Labute approximate surface area is 179 Å². The molecule has 2 aromatic carbocycles. The van der Waals surface area contributed by atoms with E-state index in [9.17, 15) is 17.6 Å². The zero-order chi connectivity index (χ0) is 22.1. The number of sulfonamides is 1. The van der Waals surface area contributed by atoms with Gasteiger partial charge in [-0.05, 0) is 55.7 Å². The van der Waals surface area contributed by atoms with Crippen molar-refractivity contribution in [2.45, 2.75) is 51.3 Å². The number of carbonyl (C=O) groups is 1. The Bertz CT molecular complexity index is 912. The lowest BCUT2D eigenvalue weighted by atomic mass is 9.99. The maximum atomic E-state index is 13.4. The SMILES string of the molecule is CCCC[C@@H](CC)CNC(=O)CN(c1ccc(F)cc1)S(=O)(=O)c1ccc(C)cc1. The van der Waals surface area contributed by atoms with Gasteiger partial charge in [0.25, 0.3) is 10.0 Å². The molecule has 0 radical (unpaired) electrons. The molecule has 2 rings (SSSR count). The standard InChI is InChI=1S/C23H31FN2O3S/c1-4-6-7-19(5-2)16-25-23(27)17-26(21-12-10-20(24)11-13-21)30(28,29)22-14-8-18(3)9-15-22/h8-15,19H,4-7,16-17H2,1-3H3,(H,25,27)/t19-/m1/s1. The van der Waals surface area contributed by atoms with E-state index in [1.807, 2.05) is 6.92 Å². The highest BCUT2D eigenvalue weighted by Crippen LogP contribution is 2.24. The van der Waals surface area contributed by atoms with Gasteiger partial charge in [-0.1, -0.05) is 50.8 Å². The molecule has 1 N–H and O–H groups in total. The van der Waals surface area contributed by atoms with Crippen LogP contribution in [0, 0.1) is 18.7 Å². The Hall–Kier alpha value is -2.41. The molecule has 164 valence electrons. The maximum absolute atomic E-state index is 13.4. The quantitative estimate of drug-likeness (QED) is 0.559. The van der Waals surface area contributed by atoms with Crippen LogP contribution in [0.2, 0.25) is 0 Å². The first-order chi connectivity index (χ1) is 14.3. The minimum Gasteiger partial charge on any atom is -0.354 e. The highest BCUT2D eigenvalue weighted by atomic mass is 32.2. The number of benzene rings is 2. The number of amides is 1. The van der Waals surface area contributed by atoms with Gasteiger partial charge in [0.05, 0.1) is 10.6 Å². The van der Waals surface area contributed by atoms with Crippen molar-refractivity contribution in [2.75, 3.05) is 17.4 Å². The van der Waals surface area contributed by atoms with Gasteiger partial charge in [0.1, 0.15) is 12.4 Å². The molecule has 1 amide bonds. The van der Waals surface area contributed by atoms with E-state index in [0.29, 0.717) is 12.5 Å². The van der Waals surface area contributed by atoms with Crippen molar-refractivity contribution >= 4 is 21.6 Å². The van der Waals surface area contributed by atoms with E-state index in [1.54, 1.807) is 12.1 Å². The van der Waals surface area contributed by atoms with Gasteiger partial charge in [0.15, 0.2) is 0 Å². The molecule has 0 aromatic heterocycles. The van der Waals surface area contributed by atoms with Crippen LogP contribution in [0.5, 0.6) is 0 Å². The number of nitrogens with zero attached hydrogens (tertiary/aromatic N) is 1. The van der Waals surface area contributed by atoms with Crippen molar-refractivity contribution in [1.82, 2.24) is 5.32 Å². The first kappa shape index (κ1) is 23.9. The van der Waals surface area contributed by atoms with Crippen molar-refractivity contribution in [3.05, 3.63) is 59.9 Å². The highest BCUT2D eigenvalue weighted by Gasteiger charge is 2.27. The molecular formula is C23H31FN2O3S. The second-order valence-electron chi connectivity index (χ2n) is 7.52. The molecule has 0 spiro atoms. The number of hydrogen-bond acceptors (Lipinski definition) is 3. The van der Waals surface area contributed by atoms with Gasteiger partial charge in [-0.25, -0.2) is 12.8 Å². The van der Waals surface area contributed by atoms with Crippen LogP contribution in [0.4, 0.5) is 10.1 Å². The number of halogens is 1. The average molecular weight is 435 g/mol. The molecule has 0 saturated heterocycles. The highest BCUT2D eigenvalue weighted by molar-refractivity contribution is 7.92. The van der Waals surface area contributed by atoms with Crippen molar-refractivity contribution in [2.24, 2.45) is 5.92 Å². The molecule has 0 unspecified atom stereocenters. The fourth-order valence-electron chi connectivity index (χ4n) is 3.15. The normalized spacial score (nSPS) is 12.4. The van der Waals surface area contributed by atoms with Gasteiger partial charge in [0, 0.05) is 6.54 Å². The van der Waals surface area contributed by atoms with Crippen LogP contribution < -0.4 is 9.62 Å². The Balaban J connectivity index is 2.23. The second kappa shape index (κ2) is 11.1. The molecule has 30 heavy (non-hydrogen) atoms. The lowest BCUT2D eigenvalue weighted by Gasteiger charge is -2.25. The smallest absolute Gasteiger partial charge is 0.264 e. The van der Waals surface area contributed by atoms with Crippen LogP contribution >= 0.6 is 0 Å². The molecule has 0 heterocycles. The van der Waals surface area contributed by atoms with E-state index < -0.39 is 15.8 Å². The topological polar surface area (TPSA) is 66.5 Å². The predicted molar refractivity (Wildman–Crippen MR) is 118 cm³/mol. The van der Waals surface area contributed by atoms with Gasteiger partial charge in [0.2, 0.25) is 5.91 Å². The Kier molecular flexibility index (Phi) is 8.84. The third kappa shape index (κ3) is 6.55. The van der Waals surface area contributed by atoms with E-state index in [0.717, 1.165) is 35.6 Å². The Morgan fingerprint density at radius 1 is 1.07 bits per heavy atom. The van der Waals surface area contributed by atoms with Gasteiger partial charge in [-0.2, -0.15) is 0 Å². The van der Waals surface area contributed by atoms with Gasteiger partial charge in [-0.15, -0.1) is 0 Å². The molecule has 0 saturated carbocycles. The van der Waals surface area contributed by atoms with E-state index in [-0.39, 0.29) is 23.0 Å². The van der Waals surface area contributed by atoms with Crippen molar-refractivity contribution in [3.8, 4) is 0 Å². The molecular weight excluding hydrogens is 403 g/mol. The summed E-state index contributed by atoms with van der Waals surface area (Å²) in [6.45, 7) is 6.22. The zero-order valence-corrected chi connectivity index (χ0v) is 18.7. The fraction of sp³-hybridized carbons (Fsp3) is 0.435. The van der Waals surface area contributed by atoms with Gasteiger partial charge < -0.3 is 5.32 Å². The number of carbonyl (C=O) groups excluding carboxylic acids is 1. The summed E-state index contributed by atoms with van der Waals surface area (Å²) in [6, 6.07) is 11.5. The monoisotopic (exact) mass is 434 g/mol. The summed E-state index contributed by atoms with van der Waals surface area (Å²) in [5.41, 5.74) is 1.17. The van der Waals surface area contributed by atoms with E-state index >= 15 is 0 Å². The molecule has 0 aliphatic heterocycles. The molecule has 0 aliphatic carbocycles. The molecule has 5 nitrogen and oxygen atoms in total. The first-order valence-electron chi connectivity index (χ1n) is 10.4. The molecule has 0 fully saturated rings. The number of anilines is 1. The summed E-state index contributed by atoms with van der Waals surface area (Å²) in [7, 11) is -3.99. The second-order valence-corrected chi connectivity index (χ2v) is 9.38. The Morgan fingerprint density at radius 2 is 1.70 bits per heavy atom. The van der Waals surface area contributed by atoms with Crippen LogP contribution in [0.25, 0.3) is 0 Å². The zero-order valence-electron chi connectivity index (χ0n) is 17.9. The number of unbranched alkanes of at least 4 members (excludes halogenated alkanes) is 1. The average Bonchev–Trinajstić information content (AvgIpc) is 2.73. The van der Waals surface area contributed by atoms with E-state index in [2.05, 4.69) is 19.2 Å². The minimum atomic E-state index is -3.99. The van der Waals surface area contributed by atoms with Crippen LogP contribution in [-0.2, 0) is 14.8 Å². The number of aryl methyl sites for hydroxylation is 1. The summed E-state index contributed by atoms with van der Waals surface area (Å²) in [5.74, 6) is -0.496. The van der Waals surface area contributed by atoms with Crippen LogP contribution in [0.15, 0.2) is 53.4 Å². The summed E-state index contributed by atoms with van der Waals surface area (Å²) in [6.07, 6.45) is 4.16. The number of rotatable bonds is 11. The summed E-state index contributed by atoms with van der Waals surface area (Å²) < 4.78 is 40.9. The Morgan fingerprint density at radius 3 is 2.27 bits per heavy atom. The summed E-state index contributed by atoms with van der Waals surface area (Å²) in [5, 5.41) is 2.87. The first-order valence-corrected chi connectivity index (χ1v) is 11.8. The van der Waals surface area contributed by atoms with Crippen LogP contribution in [0.1, 0.15) is 45.1 Å². The fourth-order valence-corrected chi connectivity index (χ4v) is 4.57. The van der Waals surface area contributed by atoms with E-state index in [4.69, 9.17) is 0 Å². The lowest BCUT2D eigenvalue weighted by molar-refractivity contribution is -0.119. The van der Waals surface area contributed by atoms with Crippen LogP contribution in [-0.4, -0.2) is 27.4 Å². The predicted octanol–water partition coefficient (Wildman–Crippen LogP) is 4.66. The molecule has 1 atom stereocenters. The molecule has 0 bridgehead atoms. The van der Waals surface area contributed by atoms with Crippen molar-refractivity contribution in [3.63, 3.8) is 0 Å². The summed E-state index contributed by atoms with van der Waals surface area (Å²) >= 11 is 0. The largest absolute Gasteiger partial charge is 0.354 e. The minimum absolute atomic E-state index is 0.0830. The third-order valence-electron chi connectivity index (χ3n) is 5.14. The van der Waals surface area contributed by atoms with Gasteiger partial charge >= 0.3 is 0 Å². The third-order valence-corrected chi connectivity index (χ3v) is 6.93. The van der Waals surface area contributed by atoms with E-state index in [1.165, 1.54) is 36.4 Å². The summed E-state index contributed by atoms with van der Waals surface area (Å²) in [4.78, 5) is 12.7. The maximum Gasteiger partial charge on any atom is 0.264 e. The van der Waals surface area contributed by atoms with Gasteiger partial charge in [-0.3, -0.25) is 9.10 Å². The number of nitrogens with one attached hydrogen (secondary N) is 1. The number of hydrogen-bond donors (Lipinski definition) is 1. The molecule has 7 heteroatoms. The molecule has 2 aromatic rings. The van der Waals surface area contributed by atoms with Crippen molar-refractivity contribution < 1.29 is 17.6 Å². The van der Waals surface area contributed by atoms with Crippen molar-refractivity contribution in [1.29, 1.82) is 0 Å². The molecule has 0 aliphatic rings. The van der Waals surface area contributed by atoms with Crippen LogP contribution in [0.3, 0.4) is 0 Å².